The van der Waals surface area contributed by atoms with Gasteiger partial charge in [-0.3, -0.25) is 0 Å². The Balaban J connectivity index is 2.16. The van der Waals surface area contributed by atoms with E-state index in [1.165, 1.54) is 6.42 Å². The molecule has 2 heterocycles. The van der Waals surface area contributed by atoms with Crippen LogP contribution >= 0.6 is 12.2 Å². The Kier molecular flexibility index (Phi) is 1.40. The molecule has 2 nitrogen and oxygen atoms in total. The molecule has 62 valence electrons. The van der Waals surface area contributed by atoms with Gasteiger partial charge in [-0.2, -0.15) is 0 Å². The minimum atomic E-state index is 0.469. The topological polar surface area (TPSA) is 15.3 Å². The Labute approximate surface area is 73.0 Å². The van der Waals surface area contributed by atoms with Crippen LogP contribution in [0, 0.1) is 5.41 Å². The zero-order valence-electron chi connectivity index (χ0n) is 7.05. The summed E-state index contributed by atoms with van der Waals surface area (Å²) in [6, 6.07) is 0.678. The van der Waals surface area contributed by atoms with Gasteiger partial charge in [-0.1, -0.05) is 13.8 Å². The molecule has 2 fully saturated rings. The van der Waals surface area contributed by atoms with Gasteiger partial charge in [-0.15, -0.1) is 0 Å². The summed E-state index contributed by atoms with van der Waals surface area (Å²) in [6.07, 6.45) is 1.28. The molecule has 0 aliphatic carbocycles. The fraction of sp³-hybridized carbons (Fsp3) is 0.875. The normalized spacial score (nSPS) is 33.8. The molecule has 0 saturated carbocycles. The van der Waals surface area contributed by atoms with E-state index < -0.39 is 0 Å². The maximum atomic E-state index is 5.17. The van der Waals surface area contributed by atoms with Crippen LogP contribution in [-0.2, 0) is 0 Å². The van der Waals surface area contributed by atoms with Gasteiger partial charge in [0.1, 0.15) is 0 Å². The summed E-state index contributed by atoms with van der Waals surface area (Å²) in [7, 11) is 0. The van der Waals surface area contributed by atoms with Crippen LogP contribution in [0.4, 0.5) is 0 Å². The maximum absolute atomic E-state index is 5.17. The Hall–Kier alpha value is -0.310. The Bertz CT molecular complexity index is 200. The van der Waals surface area contributed by atoms with Crippen molar-refractivity contribution in [2.24, 2.45) is 5.41 Å². The van der Waals surface area contributed by atoms with E-state index in [4.69, 9.17) is 12.2 Å². The molecule has 1 N–H and O–H groups in total. The van der Waals surface area contributed by atoms with Crippen molar-refractivity contribution >= 4 is 17.3 Å². The molecule has 1 atom stereocenters. The van der Waals surface area contributed by atoms with Crippen molar-refractivity contribution in [3.05, 3.63) is 0 Å². The molecular formula is C8H14N2S. The Morgan fingerprint density at radius 2 is 2.36 bits per heavy atom. The van der Waals surface area contributed by atoms with E-state index in [9.17, 15) is 0 Å². The third kappa shape index (κ3) is 1.11. The second-order valence-corrected chi connectivity index (χ2v) is 4.72. The maximum Gasteiger partial charge on any atom is 0.169 e. The third-order valence-electron chi connectivity index (χ3n) is 2.58. The number of rotatable bonds is 0. The van der Waals surface area contributed by atoms with Gasteiger partial charge in [0.05, 0.1) is 0 Å². The predicted octanol–water partition coefficient (Wildman–Crippen LogP) is 0.975. The molecule has 3 heteroatoms. The van der Waals surface area contributed by atoms with Gasteiger partial charge in [-0.25, -0.2) is 0 Å². The first-order chi connectivity index (χ1) is 5.08. The number of fused-ring (bicyclic) bond motifs is 1. The van der Waals surface area contributed by atoms with E-state index >= 15 is 0 Å². The van der Waals surface area contributed by atoms with Crippen molar-refractivity contribution in [2.45, 2.75) is 26.3 Å². The van der Waals surface area contributed by atoms with Gasteiger partial charge in [0.2, 0.25) is 0 Å². The van der Waals surface area contributed by atoms with E-state index in [2.05, 4.69) is 24.1 Å². The molecule has 0 radical (unpaired) electrons. The van der Waals surface area contributed by atoms with E-state index in [1.807, 2.05) is 0 Å². The lowest BCUT2D eigenvalue weighted by Gasteiger charge is -2.18. The van der Waals surface area contributed by atoms with E-state index in [0.717, 1.165) is 18.2 Å². The summed E-state index contributed by atoms with van der Waals surface area (Å²) in [5.41, 5.74) is 0.469. The monoisotopic (exact) mass is 170 g/mol. The fourth-order valence-electron chi connectivity index (χ4n) is 2.13. The van der Waals surface area contributed by atoms with Crippen molar-refractivity contribution in [2.75, 3.05) is 13.1 Å². The van der Waals surface area contributed by atoms with Crippen LogP contribution in [-0.4, -0.2) is 29.1 Å². The first-order valence-electron chi connectivity index (χ1n) is 4.13. The number of nitrogens with one attached hydrogen (secondary N) is 1. The molecule has 11 heavy (non-hydrogen) atoms. The molecule has 0 bridgehead atoms. The fourth-order valence-corrected chi connectivity index (χ4v) is 2.43. The quantitative estimate of drug-likeness (QED) is 0.545. The summed E-state index contributed by atoms with van der Waals surface area (Å²) in [5, 5.41) is 4.18. The second kappa shape index (κ2) is 2.09. The molecule has 2 aliphatic heterocycles. The highest BCUT2D eigenvalue weighted by Gasteiger charge is 2.41. The molecule has 2 saturated heterocycles. The van der Waals surface area contributed by atoms with Crippen molar-refractivity contribution in [3.8, 4) is 0 Å². The van der Waals surface area contributed by atoms with Crippen LogP contribution in [0.25, 0.3) is 0 Å². The van der Waals surface area contributed by atoms with Crippen LogP contribution in [0.5, 0.6) is 0 Å². The Morgan fingerprint density at radius 1 is 1.64 bits per heavy atom. The molecule has 0 aromatic carbocycles. The van der Waals surface area contributed by atoms with E-state index in [0.29, 0.717) is 11.5 Å². The SMILES string of the molecule is CC1(C)CC2CNC(=S)N2C1. The summed E-state index contributed by atoms with van der Waals surface area (Å²) in [6.45, 7) is 6.81. The van der Waals surface area contributed by atoms with Crippen LogP contribution in [0.15, 0.2) is 0 Å². The lowest BCUT2D eigenvalue weighted by atomic mass is 9.91. The van der Waals surface area contributed by atoms with Gasteiger partial charge >= 0.3 is 0 Å². The number of nitrogens with zero attached hydrogens (tertiary/aromatic N) is 1. The van der Waals surface area contributed by atoms with Gasteiger partial charge in [0.25, 0.3) is 0 Å². The minimum absolute atomic E-state index is 0.469. The summed E-state index contributed by atoms with van der Waals surface area (Å²) >= 11 is 5.17. The highest BCUT2D eigenvalue weighted by molar-refractivity contribution is 7.80. The molecule has 2 aliphatic rings. The van der Waals surface area contributed by atoms with Gasteiger partial charge < -0.3 is 10.2 Å². The van der Waals surface area contributed by atoms with Crippen LogP contribution in [0.3, 0.4) is 0 Å². The molecule has 0 aromatic rings. The van der Waals surface area contributed by atoms with Crippen molar-refractivity contribution in [3.63, 3.8) is 0 Å². The highest BCUT2D eigenvalue weighted by atomic mass is 32.1. The third-order valence-corrected chi connectivity index (χ3v) is 2.96. The lowest BCUT2D eigenvalue weighted by Crippen LogP contribution is -2.31. The second-order valence-electron chi connectivity index (χ2n) is 4.34. The zero-order chi connectivity index (χ0) is 8.06. The van der Waals surface area contributed by atoms with Gasteiger partial charge in [0.15, 0.2) is 5.11 Å². The molecule has 0 amide bonds. The number of thiocarbonyl (C=S) groups is 1. The predicted molar refractivity (Wildman–Crippen MR) is 49.5 cm³/mol. The standard InChI is InChI=1S/C8H14N2S/c1-8(2)3-6-4-9-7(11)10(6)5-8/h6H,3-5H2,1-2H3,(H,9,11). The zero-order valence-corrected chi connectivity index (χ0v) is 7.87. The van der Waals surface area contributed by atoms with Crippen LogP contribution in [0.2, 0.25) is 0 Å². The van der Waals surface area contributed by atoms with Crippen molar-refractivity contribution < 1.29 is 0 Å². The van der Waals surface area contributed by atoms with Crippen LogP contribution in [0.1, 0.15) is 20.3 Å². The van der Waals surface area contributed by atoms with Crippen LogP contribution < -0.4 is 5.32 Å². The average Bonchev–Trinajstić information content (AvgIpc) is 2.31. The smallest absolute Gasteiger partial charge is 0.169 e. The molecule has 2 rings (SSSR count). The van der Waals surface area contributed by atoms with Gasteiger partial charge in [-0.05, 0) is 24.1 Å². The van der Waals surface area contributed by atoms with Gasteiger partial charge in [0, 0.05) is 19.1 Å². The molecular weight excluding hydrogens is 156 g/mol. The average molecular weight is 170 g/mol. The molecule has 0 spiro atoms. The Morgan fingerprint density at radius 3 is 3.00 bits per heavy atom. The molecule has 0 aromatic heterocycles. The van der Waals surface area contributed by atoms with E-state index in [-0.39, 0.29) is 0 Å². The minimum Gasteiger partial charge on any atom is -0.360 e. The lowest BCUT2D eigenvalue weighted by molar-refractivity contribution is 0.376. The summed E-state index contributed by atoms with van der Waals surface area (Å²) in [4.78, 5) is 2.33. The number of hydrogen-bond donors (Lipinski definition) is 1. The molecule has 1 unspecified atom stereocenters. The number of hydrogen-bond acceptors (Lipinski definition) is 1. The van der Waals surface area contributed by atoms with Crippen molar-refractivity contribution in [1.29, 1.82) is 0 Å². The highest BCUT2D eigenvalue weighted by Crippen LogP contribution is 2.35. The van der Waals surface area contributed by atoms with Crippen molar-refractivity contribution in [1.82, 2.24) is 10.2 Å². The van der Waals surface area contributed by atoms with E-state index in [1.54, 1.807) is 0 Å². The first kappa shape index (κ1) is 7.35. The largest absolute Gasteiger partial charge is 0.360 e. The summed E-state index contributed by atoms with van der Waals surface area (Å²) < 4.78 is 0. The summed E-state index contributed by atoms with van der Waals surface area (Å²) in [5.74, 6) is 0. The first-order valence-corrected chi connectivity index (χ1v) is 4.54.